The second-order valence-electron chi connectivity index (χ2n) is 4.65. The smallest absolute Gasteiger partial charge is 0.404 e. The molecule has 1 aliphatic rings. The van der Waals surface area contributed by atoms with E-state index in [1.54, 1.807) is 12.1 Å². The average Bonchev–Trinajstić information content (AvgIpc) is 2.72. The number of halogens is 4. The van der Waals surface area contributed by atoms with Crippen molar-refractivity contribution >= 4 is 33.4 Å². The lowest BCUT2D eigenvalue weighted by molar-refractivity contribution is -0.274. The van der Waals surface area contributed by atoms with Crippen molar-refractivity contribution in [2.24, 2.45) is 0 Å². The fourth-order valence-corrected chi connectivity index (χ4v) is 2.63. The maximum Gasteiger partial charge on any atom is 0.573 e. The molecule has 118 valence electrons. The van der Waals surface area contributed by atoms with E-state index < -0.39 is 23.9 Å². The molecule has 0 atom stereocenters. The summed E-state index contributed by atoms with van der Waals surface area (Å²) in [4.78, 5) is 25.5. The standard InChI is InChI=1S/C15H7BrF3NO3/c16-8-5-6-12(23-15(17,18)19)11(7-8)20-13(21)9-3-1-2-4-10(9)14(20)22/h1-7H. The first-order valence-corrected chi connectivity index (χ1v) is 7.10. The van der Waals surface area contributed by atoms with E-state index in [2.05, 4.69) is 20.7 Å². The number of benzene rings is 2. The van der Waals surface area contributed by atoms with Crippen LogP contribution >= 0.6 is 15.9 Å². The predicted molar refractivity (Wildman–Crippen MR) is 78.4 cm³/mol. The van der Waals surface area contributed by atoms with Gasteiger partial charge in [0.2, 0.25) is 0 Å². The molecule has 0 aromatic heterocycles. The number of alkyl halides is 3. The molecular formula is C15H7BrF3NO3. The molecule has 1 aliphatic heterocycles. The Morgan fingerprint density at radius 2 is 1.52 bits per heavy atom. The van der Waals surface area contributed by atoms with Gasteiger partial charge >= 0.3 is 6.36 Å². The van der Waals surface area contributed by atoms with Gasteiger partial charge in [0, 0.05) is 4.47 Å². The average molecular weight is 386 g/mol. The van der Waals surface area contributed by atoms with Crippen LogP contribution in [0.25, 0.3) is 0 Å². The molecule has 0 spiro atoms. The molecule has 0 radical (unpaired) electrons. The van der Waals surface area contributed by atoms with Gasteiger partial charge in [-0.05, 0) is 30.3 Å². The van der Waals surface area contributed by atoms with Gasteiger partial charge < -0.3 is 4.74 Å². The number of hydrogen-bond donors (Lipinski definition) is 0. The quantitative estimate of drug-likeness (QED) is 0.729. The first-order chi connectivity index (χ1) is 10.8. The molecule has 2 amide bonds. The zero-order valence-corrected chi connectivity index (χ0v) is 12.8. The minimum Gasteiger partial charge on any atom is -0.404 e. The van der Waals surface area contributed by atoms with Gasteiger partial charge in [-0.3, -0.25) is 9.59 Å². The maximum atomic E-state index is 12.5. The van der Waals surface area contributed by atoms with Gasteiger partial charge in [-0.15, -0.1) is 13.2 Å². The van der Waals surface area contributed by atoms with E-state index in [1.807, 2.05) is 0 Å². The highest BCUT2D eigenvalue weighted by atomic mass is 79.9. The van der Waals surface area contributed by atoms with Gasteiger partial charge in [-0.2, -0.15) is 0 Å². The lowest BCUT2D eigenvalue weighted by Crippen LogP contribution is -2.30. The summed E-state index contributed by atoms with van der Waals surface area (Å²) in [6, 6.07) is 9.61. The van der Waals surface area contributed by atoms with Crippen LogP contribution in [0.4, 0.5) is 18.9 Å². The number of ether oxygens (including phenoxy) is 1. The number of fused-ring (bicyclic) bond motifs is 1. The summed E-state index contributed by atoms with van der Waals surface area (Å²) in [6.07, 6.45) is -4.94. The first-order valence-electron chi connectivity index (χ1n) is 6.31. The normalized spacial score (nSPS) is 14.2. The Morgan fingerprint density at radius 1 is 0.957 bits per heavy atom. The third kappa shape index (κ3) is 2.81. The molecule has 2 aromatic carbocycles. The van der Waals surface area contributed by atoms with Crippen molar-refractivity contribution in [3.8, 4) is 5.75 Å². The molecule has 0 saturated carbocycles. The van der Waals surface area contributed by atoms with E-state index in [-0.39, 0.29) is 16.8 Å². The Morgan fingerprint density at radius 3 is 2.04 bits per heavy atom. The number of carbonyl (C=O) groups is 2. The lowest BCUT2D eigenvalue weighted by atomic mass is 10.1. The van der Waals surface area contributed by atoms with Gasteiger partial charge in [0.15, 0.2) is 5.75 Å². The number of nitrogens with zero attached hydrogens (tertiary/aromatic N) is 1. The molecule has 0 saturated heterocycles. The van der Waals surface area contributed by atoms with E-state index in [4.69, 9.17) is 0 Å². The SMILES string of the molecule is O=C1c2ccccc2C(=O)N1c1cc(Br)ccc1OC(F)(F)F. The van der Waals surface area contributed by atoms with Crippen molar-refractivity contribution < 1.29 is 27.5 Å². The number of imide groups is 1. The van der Waals surface area contributed by atoms with E-state index in [0.717, 1.165) is 6.07 Å². The number of amides is 2. The molecule has 23 heavy (non-hydrogen) atoms. The van der Waals surface area contributed by atoms with Crippen LogP contribution in [0.1, 0.15) is 20.7 Å². The van der Waals surface area contributed by atoms with E-state index in [9.17, 15) is 22.8 Å². The summed E-state index contributed by atoms with van der Waals surface area (Å²) >= 11 is 3.11. The van der Waals surface area contributed by atoms with Crippen molar-refractivity contribution in [3.05, 3.63) is 58.1 Å². The van der Waals surface area contributed by atoms with Gasteiger partial charge in [0.05, 0.1) is 16.8 Å². The Hall–Kier alpha value is -2.35. The van der Waals surface area contributed by atoms with Gasteiger partial charge in [0.1, 0.15) is 0 Å². The Balaban J connectivity index is 2.11. The highest BCUT2D eigenvalue weighted by Crippen LogP contribution is 2.39. The highest BCUT2D eigenvalue weighted by Gasteiger charge is 2.40. The molecular weight excluding hydrogens is 379 g/mol. The topological polar surface area (TPSA) is 46.6 Å². The van der Waals surface area contributed by atoms with Crippen molar-refractivity contribution in [2.75, 3.05) is 4.90 Å². The molecule has 8 heteroatoms. The lowest BCUT2D eigenvalue weighted by Gasteiger charge is -2.19. The minimum absolute atomic E-state index is 0.135. The zero-order chi connectivity index (χ0) is 16.8. The van der Waals surface area contributed by atoms with Crippen LogP contribution in [0.5, 0.6) is 5.75 Å². The second kappa shape index (κ2) is 5.38. The fraction of sp³-hybridized carbons (Fsp3) is 0.0667. The van der Waals surface area contributed by atoms with Crippen molar-refractivity contribution in [1.82, 2.24) is 0 Å². The van der Waals surface area contributed by atoms with Crippen LogP contribution < -0.4 is 9.64 Å². The van der Waals surface area contributed by atoms with Crippen LogP contribution in [-0.4, -0.2) is 18.2 Å². The maximum absolute atomic E-state index is 12.5. The summed E-state index contributed by atoms with van der Waals surface area (Å²) in [7, 11) is 0. The number of carbonyl (C=O) groups excluding carboxylic acids is 2. The molecule has 0 bridgehead atoms. The largest absolute Gasteiger partial charge is 0.573 e. The number of anilines is 1. The minimum atomic E-state index is -4.94. The summed E-state index contributed by atoms with van der Waals surface area (Å²) in [6.45, 7) is 0. The predicted octanol–water partition coefficient (Wildman–Crippen LogP) is 4.15. The number of rotatable bonds is 2. The summed E-state index contributed by atoms with van der Waals surface area (Å²) < 4.78 is 42.0. The summed E-state index contributed by atoms with van der Waals surface area (Å²) in [5, 5.41) is 0. The van der Waals surface area contributed by atoms with Crippen molar-refractivity contribution in [3.63, 3.8) is 0 Å². The van der Waals surface area contributed by atoms with Crippen LogP contribution in [0.15, 0.2) is 46.9 Å². The number of hydrogen-bond acceptors (Lipinski definition) is 3. The Bertz CT molecular complexity index is 785. The first kappa shape index (κ1) is 15.5. The molecule has 3 rings (SSSR count). The van der Waals surface area contributed by atoms with Crippen molar-refractivity contribution in [1.29, 1.82) is 0 Å². The molecule has 0 aliphatic carbocycles. The van der Waals surface area contributed by atoms with Crippen LogP contribution in [-0.2, 0) is 0 Å². The molecule has 0 unspecified atom stereocenters. The Labute approximate surface area is 136 Å². The third-order valence-corrected chi connectivity index (χ3v) is 3.67. The molecule has 0 N–H and O–H groups in total. The van der Waals surface area contributed by atoms with Crippen molar-refractivity contribution in [2.45, 2.75) is 6.36 Å². The zero-order valence-electron chi connectivity index (χ0n) is 11.2. The molecule has 1 heterocycles. The highest BCUT2D eigenvalue weighted by molar-refractivity contribution is 9.10. The Kier molecular flexibility index (Phi) is 3.63. The van der Waals surface area contributed by atoms with Gasteiger partial charge in [0.25, 0.3) is 11.8 Å². The second-order valence-corrected chi connectivity index (χ2v) is 5.57. The summed E-state index contributed by atoms with van der Waals surface area (Å²) in [5.74, 6) is -2.03. The van der Waals surface area contributed by atoms with E-state index in [0.29, 0.717) is 9.37 Å². The van der Waals surface area contributed by atoms with Crippen LogP contribution in [0, 0.1) is 0 Å². The monoisotopic (exact) mass is 385 g/mol. The van der Waals surface area contributed by atoms with Crippen LogP contribution in [0.2, 0.25) is 0 Å². The molecule has 4 nitrogen and oxygen atoms in total. The molecule has 0 fully saturated rings. The van der Waals surface area contributed by atoms with E-state index >= 15 is 0 Å². The summed E-state index contributed by atoms with van der Waals surface area (Å²) in [5.41, 5.74) is -0.00577. The van der Waals surface area contributed by atoms with Crippen LogP contribution in [0.3, 0.4) is 0 Å². The van der Waals surface area contributed by atoms with Gasteiger partial charge in [-0.1, -0.05) is 28.1 Å². The van der Waals surface area contributed by atoms with E-state index in [1.165, 1.54) is 24.3 Å². The van der Waals surface area contributed by atoms with Gasteiger partial charge in [-0.25, -0.2) is 4.90 Å². The molecule has 2 aromatic rings. The fourth-order valence-electron chi connectivity index (χ4n) is 2.28. The third-order valence-electron chi connectivity index (χ3n) is 3.18.